The summed E-state index contributed by atoms with van der Waals surface area (Å²) in [7, 11) is -3.54. The number of ether oxygens (including phenoxy) is 1. The van der Waals surface area contributed by atoms with E-state index in [2.05, 4.69) is 15.5 Å². The molecule has 0 spiro atoms. The van der Waals surface area contributed by atoms with Crippen LogP contribution in [-0.2, 0) is 26.1 Å². The molecule has 168 valence electrons. The zero-order valence-electron chi connectivity index (χ0n) is 17.4. The Hall–Kier alpha value is -2.02. The first-order chi connectivity index (χ1) is 14.9. The van der Waals surface area contributed by atoms with Gasteiger partial charge in [0.1, 0.15) is 0 Å². The number of carbonyl (C=O) groups is 1. The number of carbonyl (C=O) groups excluding carboxylic acids is 1. The van der Waals surface area contributed by atoms with E-state index >= 15 is 0 Å². The first-order valence-electron chi connectivity index (χ1n) is 10.3. The number of benzene rings is 1. The second-order valence-corrected chi connectivity index (χ2v) is 10.5. The summed E-state index contributed by atoms with van der Waals surface area (Å²) in [5.41, 5.74) is 1.01. The monoisotopic (exact) mass is 466 g/mol. The molecule has 10 nitrogen and oxygen atoms in total. The Morgan fingerprint density at radius 2 is 1.94 bits per heavy atom. The molecule has 1 amide bonds. The van der Waals surface area contributed by atoms with E-state index in [0.29, 0.717) is 24.8 Å². The van der Waals surface area contributed by atoms with E-state index in [-0.39, 0.29) is 35.7 Å². The third-order valence-electron chi connectivity index (χ3n) is 5.47. The van der Waals surface area contributed by atoms with Crippen LogP contribution >= 0.6 is 11.8 Å². The number of hydrogen-bond acceptors (Lipinski definition) is 8. The summed E-state index contributed by atoms with van der Waals surface area (Å²) < 4.78 is 34.4. The highest BCUT2D eigenvalue weighted by atomic mass is 32.2. The van der Waals surface area contributed by atoms with Crippen molar-refractivity contribution in [3.8, 4) is 0 Å². The van der Waals surface area contributed by atoms with Crippen LogP contribution in [0, 0.1) is 6.92 Å². The quantitative estimate of drug-likeness (QED) is 0.551. The average molecular weight is 467 g/mol. The first kappa shape index (κ1) is 22.2. The van der Waals surface area contributed by atoms with Crippen molar-refractivity contribution in [3.63, 3.8) is 0 Å². The highest BCUT2D eigenvalue weighted by Gasteiger charge is 2.30. The summed E-state index contributed by atoms with van der Waals surface area (Å²) in [6, 6.07) is 6.83. The van der Waals surface area contributed by atoms with Crippen molar-refractivity contribution in [2.45, 2.75) is 42.5 Å². The fraction of sp³-hybridized carbons (Fsp3) is 0.579. The van der Waals surface area contributed by atoms with E-state index in [1.807, 2.05) is 6.92 Å². The Morgan fingerprint density at radius 3 is 2.61 bits per heavy atom. The number of rotatable bonds is 7. The van der Waals surface area contributed by atoms with E-state index in [9.17, 15) is 13.2 Å². The van der Waals surface area contributed by atoms with Gasteiger partial charge in [-0.15, -0.1) is 5.10 Å². The number of aryl methyl sites for hydroxylation is 1. The molecule has 2 saturated heterocycles. The third kappa shape index (κ3) is 5.25. The van der Waals surface area contributed by atoms with E-state index in [1.165, 1.54) is 16.1 Å². The van der Waals surface area contributed by atoms with Crippen LogP contribution < -0.4 is 0 Å². The van der Waals surface area contributed by atoms with Crippen LogP contribution in [-0.4, -0.2) is 88.4 Å². The molecule has 0 N–H and O–H groups in total. The van der Waals surface area contributed by atoms with Crippen molar-refractivity contribution in [1.29, 1.82) is 0 Å². The molecular formula is C19H26N6O4S2. The summed E-state index contributed by atoms with van der Waals surface area (Å²) in [5.74, 6) is 0.153. The van der Waals surface area contributed by atoms with Gasteiger partial charge in [-0.25, -0.2) is 13.1 Å². The molecular weight excluding hydrogens is 440 g/mol. The molecule has 0 saturated carbocycles. The maximum atomic E-state index is 12.8. The molecule has 2 aliphatic heterocycles. The molecule has 12 heteroatoms. The number of sulfonamides is 1. The van der Waals surface area contributed by atoms with Gasteiger partial charge < -0.3 is 9.64 Å². The van der Waals surface area contributed by atoms with Crippen molar-refractivity contribution >= 4 is 27.7 Å². The lowest BCUT2D eigenvalue weighted by molar-refractivity contribution is -0.129. The van der Waals surface area contributed by atoms with E-state index < -0.39 is 10.0 Å². The minimum absolute atomic E-state index is 0.0518. The highest BCUT2D eigenvalue weighted by Crippen LogP contribution is 2.21. The van der Waals surface area contributed by atoms with Gasteiger partial charge in [0.15, 0.2) is 0 Å². The Labute approximate surface area is 186 Å². The number of piperazine rings is 1. The van der Waals surface area contributed by atoms with Crippen molar-refractivity contribution in [1.82, 2.24) is 29.4 Å². The second kappa shape index (κ2) is 9.63. The highest BCUT2D eigenvalue weighted by molar-refractivity contribution is 7.99. The van der Waals surface area contributed by atoms with Gasteiger partial charge >= 0.3 is 0 Å². The summed E-state index contributed by atoms with van der Waals surface area (Å²) in [4.78, 5) is 14.6. The topological polar surface area (TPSA) is 111 Å². The molecule has 2 aliphatic rings. The minimum atomic E-state index is -3.54. The van der Waals surface area contributed by atoms with Crippen LogP contribution in [0.5, 0.6) is 0 Å². The zero-order chi connectivity index (χ0) is 21.8. The van der Waals surface area contributed by atoms with E-state index in [4.69, 9.17) is 4.74 Å². The van der Waals surface area contributed by atoms with Crippen molar-refractivity contribution < 1.29 is 17.9 Å². The van der Waals surface area contributed by atoms with E-state index in [1.54, 1.807) is 33.8 Å². The molecule has 0 aliphatic carbocycles. The number of amides is 1. The van der Waals surface area contributed by atoms with Gasteiger partial charge in [-0.3, -0.25) is 4.79 Å². The van der Waals surface area contributed by atoms with Crippen molar-refractivity contribution in [3.05, 3.63) is 29.8 Å². The summed E-state index contributed by atoms with van der Waals surface area (Å²) >= 11 is 1.29. The van der Waals surface area contributed by atoms with Gasteiger partial charge in [-0.05, 0) is 42.3 Å². The number of aromatic nitrogens is 4. The molecule has 0 radical (unpaired) electrons. The van der Waals surface area contributed by atoms with Crippen LogP contribution in [0.25, 0.3) is 0 Å². The molecule has 1 aromatic heterocycles. The normalized spacial score (nSPS) is 20.3. The van der Waals surface area contributed by atoms with Crippen molar-refractivity contribution in [2.75, 3.05) is 38.5 Å². The fourth-order valence-electron chi connectivity index (χ4n) is 3.65. The SMILES string of the molecule is Cc1ccc(S(=O)(=O)N2CCN(C(=O)CSc3nnnn3C[C@H]3CCCO3)CC2)cc1. The second-order valence-electron chi connectivity index (χ2n) is 7.67. The Morgan fingerprint density at radius 1 is 1.19 bits per heavy atom. The van der Waals surface area contributed by atoms with Crippen LogP contribution in [0.2, 0.25) is 0 Å². The number of nitrogens with zero attached hydrogens (tertiary/aromatic N) is 6. The minimum Gasteiger partial charge on any atom is -0.376 e. The summed E-state index contributed by atoms with van der Waals surface area (Å²) in [6.07, 6.45) is 2.14. The molecule has 31 heavy (non-hydrogen) atoms. The van der Waals surface area contributed by atoms with Gasteiger partial charge in [0.25, 0.3) is 0 Å². The Balaban J connectivity index is 1.28. The van der Waals surface area contributed by atoms with Gasteiger partial charge in [-0.2, -0.15) is 4.31 Å². The summed E-state index contributed by atoms with van der Waals surface area (Å²) in [5, 5.41) is 12.3. The van der Waals surface area contributed by atoms with Gasteiger partial charge in [0.05, 0.1) is 23.3 Å². The molecule has 0 unspecified atom stereocenters. The molecule has 1 aromatic carbocycles. The number of thioether (sulfide) groups is 1. The van der Waals surface area contributed by atoms with Crippen LogP contribution in [0.15, 0.2) is 34.3 Å². The molecule has 4 rings (SSSR count). The van der Waals surface area contributed by atoms with Crippen LogP contribution in [0.1, 0.15) is 18.4 Å². The van der Waals surface area contributed by atoms with Crippen LogP contribution in [0.4, 0.5) is 0 Å². The molecule has 2 aromatic rings. The fourth-order valence-corrected chi connectivity index (χ4v) is 5.86. The largest absolute Gasteiger partial charge is 0.376 e. The first-order valence-corrected chi connectivity index (χ1v) is 12.7. The average Bonchev–Trinajstić information content (AvgIpc) is 3.45. The lowest BCUT2D eigenvalue weighted by atomic mass is 10.2. The smallest absolute Gasteiger partial charge is 0.243 e. The maximum absolute atomic E-state index is 12.8. The Kier molecular flexibility index (Phi) is 6.89. The number of tetrazole rings is 1. The van der Waals surface area contributed by atoms with Crippen molar-refractivity contribution in [2.24, 2.45) is 0 Å². The zero-order valence-corrected chi connectivity index (χ0v) is 19.0. The predicted molar refractivity (Wildman–Crippen MR) is 114 cm³/mol. The van der Waals surface area contributed by atoms with E-state index in [0.717, 1.165) is 25.0 Å². The molecule has 1 atom stereocenters. The van der Waals surface area contributed by atoms with Gasteiger partial charge in [0.2, 0.25) is 21.1 Å². The maximum Gasteiger partial charge on any atom is 0.243 e. The standard InChI is InChI=1S/C19H26N6O4S2/c1-15-4-6-17(7-5-15)31(27,28)24-10-8-23(9-11-24)18(26)14-30-19-20-21-22-25(19)13-16-3-2-12-29-16/h4-7,16H,2-3,8-14H2,1H3/t16-/m1/s1. The summed E-state index contributed by atoms with van der Waals surface area (Å²) in [6.45, 7) is 4.56. The lowest BCUT2D eigenvalue weighted by Crippen LogP contribution is -2.51. The Bertz CT molecular complexity index is 997. The number of hydrogen-bond donors (Lipinski definition) is 0. The third-order valence-corrected chi connectivity index (χ3v) is 8.33. The molecule has 3 heterocycles. The molecule has 2 fully saturated rings. The van der Waals surface area contributed by atoms with Crippen LogP contribution in [0.3, 0.4) is 0 Å². The predicted octanol–water partition coefficient (Wildman–Crippen LogP) is 0.786. The molecule has 0 bridgehead atoms. The lowest BCUT2D eigenvalue weighted by Gasteiger charge is -2.34. The van der Waals surface area contributed by atoms with Gasteiger partial charge in [-0.1, -0.05) is 29.5 Å². The van der Waals surface area contributed by atoms with Gasteiger partial charge in [0, 0.05) is 32.8 Å².